The molecule has 1 aliphatic rings. The van der Waals surface area contributed by atoms with Crippen LogP contribution in [0.5, 0.6) is 17.4 Å². The number of likely N-dealkylation sites (N-methyl/N-ethyl adjacent to an activating group) is 1. The van der Waals surface area contributed by atoms with Crippen LogP contribution in [0.15, 0.2) is 42.6 Å². The number of para-hydroxylation sites is 1. The van der Waals surface area contributed by atoms with Crippen LogP contribution >= 0.6 is 0 Å². The van der Waals surface area contributed by atoms with Crippen LogP contribution < -0.4 is 30.3 Å². The van der Waals surface area contributed by atoms with Crippen molar-refractivity contribution < 1.29 is 32.2 Å². The van der Waals surface area contributed by atoms with Gasteiger partial charge in [0.1, 0.15) is 11.3 Å². The first-order valence-electron chi connectivity index (χ1n) is 12.0. The number of amides is 2. The number of alkyl halides is 3. The number of hydrogen-bond acceptors (Lipinski definition) is 8. The Balaban J connectivity index is 1.65. The van der Waals surface area contributed by atoms with Gasteiger partial charge in [-0.05, 0) is 43.3 Å². The number of halogens is 3. The number of hydrogen-bond donors (Lipinski definition) is 3. The number of ether oxygens (including phenoxy) is 2. The summed E-state index contributed by atoms with van der Waals surface area (Å²) in [6.45, 7) is 1.02. The molecule has 0 bridgehead atoms. The van der Waals surface area contributed by atoms with Crippen molar-refractivity contribution in [3.8, 4) is 17.4 Å². The molecule has 3 aromatic rings. The lowest BCUT2D eigenvalue weighted by Crippen LogP contribution is -2.31. The van der Waals surface area contributed by atoms with Crippen LogP contribution in [0.1, 0.15) is 27.9 Å². The Morgan fingerprint density at radius 2 is 1.92 bits per heavy atom. The van der Waals surface area contributed by atoms with E-state index in [2.05, 4.69) is 25.9 Å². The normalized spacial score (nSPS) is 13.1. The van der Waals surface area contributed by atoms with Crippen molar-refractivity contribution in [2.24, 2.45) is 0 Å². The van der Waals surface area contributed by atoms with Gasteiger partial charge in [0.25, 0.3) is 5.91 Å². The molecular weight excluding hydrogens is 517 g/mol. The fourth-order valence-corrected chi connectivity index (χ4v) is 4.03. The number of benzene rings is 2. The first-order valence-corrected chi connectivity index (χ1v) is 12.0. The van der Waals surface area contributed by atoms with E-state index in [-0.39, 0.29) is 29.3 Å². The van der Waals surface area contributed by atoms with Crippen LogP contribution in [0.25, 0.3) is 0 Å². The number of carbonyl (C=O) groups is 2. The van der Waals surface area contributed by atoms with Gasteiger partial charge in [-0.25, -0.2) is 4.98 Å². The Hall–Kier alpha value is -4.39. The minimum Gasteiger partial charge on any atom is -0.495 e. The second kappa shape index (κ2) is 11.6. The van der Waals surface area contributed by atoms with E-state index in [0.717, 1.165) is 5.56 Å². The minimum absolute atomic E-state index is 0.0596. The molecule has 0 unspecified atom stereocenters. The van der Waals surface area contributed by atoms with Crippen LogP contribution in [-0.2, 0) is 17.4 Å². The summed E-state index contributed by atoms with van der Waals surface area (Å²) >= 11 is 0. The van der Waals surface area contributed by atoms with Crippen LogP contribution in [0.2, 0.25) is 0 Å². The minimum atomic E-state index is -4.80. The van der Waals surface area contributed by atoms with Gasteiger partial charge in [0.15, 0.2) is 5.75 Å². The summed E-state index contributed by atoms with van der Waals surface area (Å²) in [5.41, 5.74) is 0.627. The van der Waals surface area contributed by atoms with Crippen molar-refractivity contribution in [1.82, 2.24) is 20.6 Å². The number of rotatable bonds is 9. The Morgan fingerprint density at radius 3 is 2.64 bits per heavy atom. The van der Waals surface area contributed by atoms with Crippen molar-refractivity contribution in [3.63, 3.8) is 0 Å². The van der Waals surface area contributed by atoms with Gasteiger partial charge in [0.2, 0.25) is 17.7 Å². The Kier molecular flexibility index (Phi) is 8.19. The molecule has 4 rings (SSSR count). The highest BCUT2D eigenvalue weighted by Gasteiger charge is 2.37. The number of nitrogens with zero attached hydrogens (tertiary/aromatic N) is 3. The van der Waals surface area contributed by atoms with Gasteiger partial charge in [-0.2, -0.15) is 18.2 Å². The Labute approximate surface area is 222 Å². The fraction of sp³-hybridized carbons (Fsp3) is 0.308. The number of aromatic nitrogens is 2. The van der Waals surface area contributed by atoms with E-state index in [1.165, 1.54) is 36.3 Å². The predicted molar refractivity (Wildman–Crippen MR) is 138 cm³/mol. The molecule has 2 aromatic carbocycles. The topological polar surface area (TPSA) is 118 Å². The molecule has 0 atom stereocenters. The van der Waals surface area contributed by atoms with Gasteiger partial charge < -0.3 is 30.3 Å². The lowest BCUT2D eigenvalue weighted by molar-refractivity contribution is -0.139. The van der Waals surface area contributed by atoms with Crippen LogP contribution in [0.4, 0.5) is 30.5 Å². The first-order chi connectivity index (χ1) is 18.6. The average molecular weight is 545 g/mol. The second-order valence-corrected chi connectivity index (χ2v) is 8.63. The van der Waals surface area contributed by atoms with Gasteiger partial charge in [-0.3, -0.25) is 9.59 Å². The SMILES string of the molecule is CNCCNC(=O)c1ccc(Nc2ncc(C(F)(F)F)c(Oc3cccc4c3N(C)C(=O)CC4)n2)c(OC)c1. The molecule has 10 nitrogen and oxygen atoms in total. The maximum atomic E-state index is 13.8. The molecule has 0 saturated heterocycles. The highest BCUT2D eigenvalue weighted by atomic mass is 19.4. The molecule has 39 heavy (non-hydrogen) atoms. The lowest BCUT2D eigenvalue weighted by atomic mass is 10.0. The van der Waals surface area contributed by atoms with Crippen LogP contribution in [-0.4, -0.2) is 56.1 Å². The molecule has 1 aliphatic heterocycles. The predicted octanol–water partition coefficient (Wildman–Crippen LogP) is 3.90. The quantitative estimate of drug-likeness (QED) is 0.348. The molecule has 0 fully saturated rings. The van der Waals surface area contributed by atoms with Crippen LogP contribution in [0, 0.1) is 0 Å². The largest absolute Gasteiger partial charge is 0.495 e. The zero-order chi connectivity index (χ0) is 28.2. The van der Waals surface area contributed by atoms with Gasteiger partial charge >= 0.3 is 6.18 Å². The molecule has 0 aliphatic carbocycles. The summed E-state index contributed by atoms with van der Waals surface area (Å²) in [6.07, 6.45) is -3.45. The van der Waals surface area contributed by atoms with Crippen molar-refractivity contribution in [2.75, 3.05) is 44.5 Å². The molecule has 206 valence electrons. The third-order valence-electron chi connectivity index (χ3n) is 6.04. The fourth-order valence-electron chi connectivity index (χ4n) is 4.03. The van der Waals surface area contributed by atoms with Crippen molar-refractivity contribution >= 4 is 29.1 Å². The highest BCUT2D eigenvalue weighted by molar-refractivity contribution is 5.97. The number of anilines is 3. The lowest BCUT2D eigenvalue weighted by Gasteiger charge is -2.27. The molecule has 0 radical (unpaired) electrons. The smallest absolute Gasteiger partial charge is 0.423 e. The summed E-state index contributed by atoms with van der Waals surface area (Å²) in [4.78, 5) is 33.8. The van der Waals surface area contributed by atoms with Gasteiger partial charge in [0, 0.05) is 38.3 Å². The Bertz CT molecular complexity index is 1380. The second-order valence-electron chi connectivity index (χ2n) is 8.63. The third kappa shape index (κ3) is 6.20. The maximum absolute atomic E-state index is 13.8. The molecule has 13 heteroatoms. The van der Waals surface area contributed by atoms with E-state index in [1.54, 1.807) is 26.2 Å². The average Bonchev–Trinajstić information content (AvgIpc) is 2.90. The summed E-state index contributed by atoms with van der Waals surface area (Å²) in [5, 5.41) is 8.50. The number of nitrogens with one attached hydrogen (secondary N) is 3. The highest BCUT2D eigenvalue weighted by Crippen LogP contribution is 2.42. The number of methoxy groups -OCH3 is 1. The summed E-state index contributed by atoms with van der Waals surface area (Å²) in [5.74, 6) is -1.11. The molecular formula is C26H27F3N6O4. The zero-order valence-corrected chi connectivity index (χ0v) is 21.5. The van der Waals surface area contributed by atoms with Gasteiger partial charge in [0.05, 0.1) is 18.5 Å². The standard InChI is InChI=1S/C26H27F3N6O4/c1-30-11-12-31-23(37)16-7-9-18(20(13-16)38-3)33-25-32-14-17(26(27,28)29)24(34-25)39-19-6-4-5-15-8-10-21(36)35(2)22(15)19/h4-7,9,13-14,30H,8,10-12H2,1-3H3,(H,31,37)(H,32,33,34). The zero-order valence-electron chi connectivity index (χ0n) is 21.5. The van der Waals surface area contributed by atoms with Crippen LogP contribution in [0.3, 0.4) is 0 Å². The summed E-state index contributed by atoms with van der Waals surface area (Å²) in [6, 6.07) is 9.46. The van der Waals surface area contributed by atoms with E-state index in [4.69, 9.17) is 9.47 Å². The summed E-state index contributed by atoms with van der Waals surface area (Å²) in [7, 11) is 4.70. The van der Waals surface area contributed by atoms with Crippen molar-refractivity contribution in [3.05, 3.63) is 59.3 Å². The van der Waals surface area contributed by atoms with Crippen molar-refractivity contribution in [2.45, 2.75) is 19.0 Å². The number of fused-ring (bicyclic) bond motifs is 1. The van der Waals surface area contributed by atoms with Crippen molar-refractivity contribution in [1.29, 1.82) is 0 Å². The molecule has 2 amide bonds. The number of aryl methyl sites for hydroxylation is 1. The van der Waals surface area contributed by atoms with E-state index in [1.807, 2.05) is 0 Å². The number of carbonyl (C=O) groups excluding carboxylic acids is 2. The molecule has 1 aromatic heterocycles. The van der Waals surface area contributed by atoms with E-state index >= 15 is 0 Å². The van der Waals surface area contributed by atoms with E-state index in [0.29, 0.717) is 49.1 Å². The molecule has 3 N–H and O–H groups in total. The van der Waals surface area contributed by atoms with Gasteiger partial charge in [-0.1, -0.05) is 12.1 Å². The monoisotopic (exact) mass is 544 g/mol. The molecule has 0 spiro atoms. The molecule has 2 heterocycles. The van der Waals surface area contributed by atoms with E-state index in [9.17, 15) is 22.8 Å². The van der Waals surface area contributed by atoms with Gasteiger partial charge in [-0.15, -0.1) is 0 Å². The Morgan fingerprint density at radius 1 is 1.13 bits per heavy atom. The summed E-state index contributed by atoms with van der Waals surface area (Å²) < 4.78 is 52.5. The van der Waals surface area contributed by atoms with E-state index < -0.39 is 17.6 Å². The molecule has 0 saturated carbocycles. The maximum Gasteiger partial charge on any atom is 0.423 e. The third-order valence-corrected chi connectivity index (χ3v) is 6.04. The first kappa shape index (κ1) is 27.6.